The van der Waals surface area contributed by atoms with E-state index in [9.17, 15) is 9.59 Å². The average molecular weight is 465 g/mol. The zero-order valence-corrected chi connectivity index (χ0v) is 19.6. The molecule has 1 N–H and O–H groups in total. The Morgan fingerprint density at radius 3 is 2.85 bits per heavy atom. The number of unbranched alkanes of at least 4 members (excludes halogenated alkanes) is 2. The molecule has 0 saturated carbocycles. The molecule has 0 radical (unpaired) electrons. The molecule has 0 aliphatic carbocycles. The second kappa shape index (κ2) is 9.49. The molecule has 7 nitrogen and oxygen atoms in total. The maximum absolute atomic E-state index is 12.9. The fraction of sp³-hybridized carbons (Fsp3) is 0.400. The van der Waals surface area contributed by atoms with Crippen LogP contribution in [-0.2, 0) is 6.54 Å². The van der Waals surface area contributed by atoms with Crippen molar-refractivity contribution in [3.8, 4) is 5.75 Å². The van der Waals surface area contributed by atoms with Crippen molar-refractivity contribution in [3.05, 3.63) is 69.0 Å². The molecule has 0 bridgehead atoms. The van der Waals surface area contributed by atoms with E-state index in [-0.39, 0.29) is 11.2 Å². The van der Waals surface area contributed by atoms with Crippen LogP contribution < -0.4 is 16.0 Å². The summed E-state index contributed by atoms with van der Waals surface area (Å²) in [6.07, 6.45) is 5.69. The summed E-state index contributed by atoms with van der Waals surface area (Å²) in [6.45, 7) is 3.63. The van der Waals surface area contributed by atoms with Crippen LogP contribution in [0.15, 0.2) is 52.2 Å². The number of aromatic nitrogens is 3. The fourth-order valence-electron chi connectivity index (χ4n) is 4.87. The van der Waals surface area contributed by atoms with Gasteiger partial charge in [-0.2, -0.15) is 0 Å². The van der Waals surface area contributed by atoms with Gasteiger partial charge in [-0.25, -0.2) is 9.78 Å². The zero-order valence-electron chi connectivity index (χ0n) is 18.8. The average Bonchev–Trinajstić information content (AvgIpc) is 3.46. The first-order valence-electron chi connectivity index (χ1n) is 11.5. The van der Waals surface area contributed by atoms with Gasteiger partial charge in [0.05, 0.1) is 12.6 Å². The van der Waals surface area contributed by atoms with Gasteiger partial charge < -0.3 is 14.6 Å². The van der Waals surface area contributed by atoms with E-state index in [1.54, 1.807) is 13.3 Å². The van der Waals surface area contributed by atoms with Crippen molar-refractivity contribution in [2.24, 2.45) is 0 Å². The number of benzene rings is 1. The number of pyridine rings is 1. The number of ether oxygens (including phenoxy) is 1. The molecule has 33 heavy (non-hydrogen) atoms. The topological polar surface area (TPSA) is 80.2 Å². The third-order valence-electron chi connectivity index (χ3n) is 6.59. The molecule has 5 rings (SSSR count). The Morgan fingerprint density at radius 1 is 1.12 bits per heavy atom. The Hall–Kier alpha value is -2.97. The van der Waals surface area contributed by atoms with Gasteiger partial charge in [-0.05, 0) is 56.1 Å². The second-order valence-electron chi connectivity index (χ2n) is 8.64. The monoisotopic (exact) mass is 464 g/mol. The third kappa shape index (κ3) is 4.32. The first kappa shape index (κ1) is 21.9. The van der Waals surface area contributed by atoms with Crippen LogP contribution in [-0.4, -0.2) is 46.2 Å². The van der Waals surface area contributed by atoms with E-state index in [1.807, 2.05) is 24.3 Å². The molecule has 3 aromatic heterocycles. The number of nitrogens with zero attached hydrogens (tertiary/aromatic N) is 3. The molecule has 1 saturated heterocycles. The summed E-state index contributed by atoms with van der Waals surface area (Å²) in [6, 6.07) is 12.0. The van der Waals surface area contributed by atoms with Gasteiger partial charge in [0.1, 0.15) is 15.3 Å². The van der Waals surface area contributed by atoms with E-state index in [0.717, 1.165) is 61.3 Å². The number of hydrogen-bond donors (Lipinski definition) is 1. The van der Waals surface area contributed by atoms with Crippen LogP contribution in [0.4, 0.5) is 0 Å². The van der Waals surface area contributed by atoms with E-state index in [0.29, 0.717) is 22.7 Å². The van der Waals surface area contributed by atoms with E-state index in [4.69, 9.17) is 4.74 Å². The van der Waals surface area contributed by atoms with Gasteiger partial charge >= 0.3 is 5.69 Å². The van der Waals surface area contributed by atoms with Gasteiger partial charge in [-0.3, -0.25) is 9.36 Å². The van der Waals surface area contributed by atoms with Crippen molar-refractivity contribution >= 4 is 31.8 Å². The first-order valence-corrected chi connectivity index (χ1v) is 12.3. The normalized spacial score (nSPS) is 16.7. The largest absolute Gasteiger partial charge is 0.496 e. The maximum atomic E-state index is 12.9. The SMILES string of the molecule is COc1ccccc1[C@@H]1CCN(CCCCCn2c(=O)[nH]c3c(sc4ncccc43)c2=O)C1. The molecule has 1 aliphatic rings. The van der Waals surface area contributed by atoms with Crippen LogP contribution in [0.1, 0.15) is 37.2 Å². The van der Waals surface area contributed by atoms with Crippen LogP contribution in [0.3, 0.4) is 0 Å². The van der Waals surface area contributed by atoms with Crippen molar-refractivity contribution < 1.29 is 4.74 Å². The van der Waals surface area contributed by atoms with E-state index >= 15 is 0 Å². The lowest BCUT2D eigenvalue weighted by atomic mass is 9.97. The van der Waals surface area contributed by atoms with Crippen LogP contribution in [0.2, 0.25) is 0 Å². The molecule has 1 aliphatic heterocycles. The van der Waals surface area contributed by atoms with Gasteiger partial charge in [-0.1, -0.05) is 24.6 Å². The van der Waals surface area contributed by atoms with Crippen molar-refractivity contribution in [1.82, 2.24) is 19.4 Å². The molecule has 1 atom stereocenters. The molecule has 1 aromatic carbocycles. The Labute approximate surface area is 195 Å². The number of nitrogens with one attached hydrogen (secondary N) is 1. The number of hydrogen-bond acceptors (Lipinski definition) is 6. The highest BCUT2D eigenvalue weighted by molar-refractivity contribution is 7.25. The highest BCUT2D eigenvalue weighted by Crippen LogP contribution is 2.33. The Morgan fingerprint density at radius 2 is 1.97 bits per heavy atom. The van der Waals surface area contributed by atoms with E-state index in [2.05, 4.69) is 27.0 Å². The molecule has 0 spiro atoms. The number of para-hydroxylation sites is 1. The minimum Gasteiger partial charge on any atom is -0.496 e. The number of methoxy groups -OCH3 is 1. The summed E-state index contributed by atoms with van der Waals surface area (Å²) in [5.41, 5.74) is 1.35. The summed E-state index contributed by atoms with van der Waals surface area (Å²) in [7, 11) is 1.73. The van der Waals surface area contributed by atoms with Crippen molar-refractivity contribution in [1.29, 1.82) is 0 Å². The summed E-state index contributed by atoms with van der Waals surface area (Å²) in [5, 5.41) is 0.830. The minimum absolute atomic E-state index is 0.212. The molecular formula is C25H28N4O3S. The van der Waals surface area contributed by atoms with Gasteiger partial charge in [0.15, 0.2) is 0 Å². The molecule has 172 valence electrons. The fourth-order valence-corrected chi connectivity index (χ4v) is 5.92. The molecule has 1 fully saturated rings. The smallest absolute Gasteiger partial charge is 0.328 e. The molecule has 8 heteroatoms. The molecule has 0 unspecified atom stereocenters. The zero-order chi connectivity index (χ0) is 22.8. The lowest BCUT2D eigenvalue weighted by Gasteiger charge is -2.17. The maximum Gasteiger partial charge on any atom is 0.328 e. The predicted molar refractivity (Wildman–Crippen MR) is 133 cm³/mol. The number of rotatable bonds is 8. The highest BCUT2D eigenvalue weighted by Gasteiger charge is 2.25. The van der Waals surface area contributed by atoms with Gasteiger partial charge in [0, 0.05) is 30.6 Å². The molecule has 0 amide bonds. The quantitative estimate of drug-likeness (QED) is 0.399. The first-order chi connectivity index (χ1) is 16.2. The lowest BCUT2D eigenvalue weighted by Crippen LogP contribution is -2.34. The second-order valence-corrected chi connectivity index (χ2v) is 9.64. The Bertz CT molecular complexity index is 1390. The molecule has 4 heterocycles. The van der Waals surface area contributed by atoms with Crippen molar-refractivity contribution in [2.45, 2.75) is 38.1 Å². The predicted octanol–water partition coefficient (Wildman–Crippen LogP) is 3.97. The molecule has 4 aromatic rings. The number of H-pyrrole nitrogens is 1. The van der Waals surface area contributed by atoms with Crippen LogP contribution in [0.25, 0.3) is 20.4 Å². The third-order valence-corrected chi connectivity index (χ3v) is 7.69. The van der Waals surface area contributed by atoms with Gasteiger partial charge in [-0.15, -0.1) is 11.3 Å². The number of fused-ring (bicyclic) bond motifs is 3. The highest BCUT2D eigenvalue weighted by atomic mass is 32.1. The number of thiophene rings is 1. The standard InChI is InChI=1S/C25H28N4O3S/c1-32-20-10-4-3-8-18(20)17-11-15-28(16-17)13-5-2-6-14-29-24(30)22-21(27-25(29)31)19-9-7-12-26-23(19)33-22/h3-4,7-10,12,17H,2,5-6,11,13-16H2,1H3,(H,27,31)/t17-/m1/s1. The summed E-state index contributed by atoms with van der Waals surface area (Å²) < 4.78 is 7.44. The summed E-state index contributed by atoms with van der Waals surface area (Å²) in [5.74, 6) is 1.49. The van der Waals surface area contributed by atoms with E-state index in [1.165, 1.54) is 21.5 Å². The summed E-state index contributed by atoms with van der Waals surface area (Å²) in [4.78, 5) is 36.0. The van der Waals surface area contributed by atoms with Gasteiger partial charge in [0.2, 0.25) is 0 Å². The lowest BCUT2D eigenvalue weighted by molar-refractivity contribution is 0.321. The molecular weight excluding hydrogens is 436 g/mol. The number of aromatic amines is 1. The Balaban J connectivity index is 1.16. The van der Waals surface area contributed by atoms with Crippen LogP contribution >= 0.6 is 11.3 Å². The summed E-state index contributed by atoms with van der Waals surface area (Å²) >= 11 is 1.34. The van der Waals surface area contributed by atoms with Crippen molar-refractivity contribution in [2.75, 3.05) is 26.7 Å². The minimum atomic E-state index is -0.338. The van der Waals surface area contributed by atoms with E-state index < -0.39 is 0 Å². The Kier molecular flexibility index (Phi) is 6.28. The van der Waals surface area contributed by atoms with Crippen molar-refractivity contribution in [3.63, 3.8) is 0 Å². The van der Waals surface area contributed by atoms with Gasteiger partial charge in [0.25, 0.3) is 5.56 Å². The van der Waals surface area contributed by atoms with Crippen LogP contribution in [0, 0.1) is 0 Å². The van der Waals surface area contributed by atoms with Crippen LogP contribution in [0.5, 0.6) is 5.75 Å². The number of likely N-dealkylation sites (tertiary alicyclic amines) is 1.